The number of carbonyl (C=O) groups is 1. The van der Waals surface area contributed by atoms with Gasteiger partial charge in [-0.25, -0.2) is 8.42 Å². The first-order chi connectivity index (χ1) is 12.5. The van der Waals surface area contributed by atoms with Crippen molar-refractivity contribution < 1.29 is 26.4 Å². The van der Waals surface area contributed by atoms with E-state index in [1.807, 2.05) is 0 Å². The van der Waals surface area contributed by atoms with Gasteiger partial charge in [-0.3, -0.25) is 9.89 Å². The van der Waals surface area contributed by atoms with Crippen LogP contribution in [0.3, 0.4) is 0 Å². The number of Topliss-reactive ketones (excluding diaryl/α,β-unsaturated/α-hetero) is 1. The number of H-pyrrole nitrogens is 1. The van der Waals surface area contributed by atoms with E-state index < -0.39 is 38.5 Å². The Morgan fingerprint density at radius 3 is 2.63 bits per heavy atom. The van der Waals surface area contributed by atoms with Gasteiger partial charge in [-0.1, -0.05) is 0 Å². The first-order valence-electron chi connectivity index (χ1n) is 8.25. The number of nitrogens with one attached hydrogen (secondary N) is 1. The molecule has 1 aliphatic carbocycles. The second-order valence-electron chi connectivity index (χ2n) is 6.53. The molecule has 6 nitrogen and oxygen atoms in total. The van der Waals surface area contributed by atoms with Crippen LogP contribution in [-0.4, -0.2) is 35.8 Å². The molecule has 1 aromatic heterocycles. The Morgan fingerprint density at radius 1 is 1.30 bits per heavy atom. The number of hydrogen-bond donors (Lipinski definition) is 1. The van der Waals surface area contributed by atoms with Crippen LogP contribution in [0, 0.1) is 0 Å². The molecule has 0 spiro atoms. The number of nitrogens with zero attached hydrogens (tertiary/aromatic N) is 2. The quantitative estimate of drug-likeness (QED) is 0.797. The van der Waals surface area contributed by atoms with Gasteiger partial charge in [0.25, 0.3) is 0 Å². The third kappa shape index (κ3) is 3.63. The number of carbonyl (C=O) groups excluding carboxylic acids is 1. The smallest absolute Gasteiger partial charge is 0.295 e. The molecule has 1 heterocycles. The van der Waals surface area contributed by atoms with Gasteiger partial charge in [-0.05, 0) is 44.4 Å². The summed E-state index contributed by atoms with van der Waals surface area (Å²) in [5, 5.41) is 6.76. The number of aromatic amines is 1. The number of ketones is 1. The molecule has 0 radical (unpaired) electrons. The Bertz CT molecular complexity index is 983. The van der Waals surface area contributed by atoms with Crippen molar-refractivity contribution in [3.8, 4) is 0 Å². The summed E-state index contributed by atoms with van der Waals surface area (Å²) < 4.78 is 66.7. The fraction of sp³-hybridized carbons (Fsp3) is 0.412. The van der Waals surface area contributed by atoms with E-state index in [2.05, 4.69) is 10.2 Å². The maximum Gasteiger partial charge on any atom is 0.416 e. The van der Waals surface area contributed by atoms with E-state index in [1.165, 1.54) is 13.2 Å². The van der Waals surface area contributed by atoms with Gasteiger partial charge in [0.15, 0.2) is 5.78 Å². The lowest BCUT2D eigenvalue weighted by Gasteiger charge is -2.30. The molecule has 0 fully saturated rings. The number of fused-ring (bicyclic) bond motifs is 1. The molecule has 0 saturated heterocycles. The highest BCUT2D eigenvalue weighted by molar-refractivity contribution is 7.89. The maximum atomic E-state index is 13.2. The maximum absolute atomic E-state index is 13.2. The topological polar surface area (TPSA) is 83.1 Å². The molecule has 146 valence electrons. The molecule has 1 aliphatic rings. The van der Waals surface area contributed by atoms with E-state index in [9.17, 15) is 26.4 Å². The molecule has 3 rings (SSSR count). The van der Waals surface area contributed by atoms with Gasteiger partial charge in [0.2, 0.25) is 10.0 Å². The number of sulfonamides is 1. The summed E-state index contributed by atoms with van der Waals surface area (Å²) in [6.07, 6.45) is -1.24. The van der Waals surface area contributed by atoms with Crippen molar-refractivity contribution in [1.29, 1.82) is 0 Å². The van der Waals surface area contributed by atoms with Crippen LogP contribution in [-0.2, 0) is 22.6 Å². The Morgan fingerprint density at radius 2 is 2.00 bits per heavy atom. The van der Waals surface area contributed by atoms with E-state index in [1.54, 1.807) is 0 Å². The van der Waals surface area contributed by atoms with Crippen LogP contribution >= 0.6 is 0 Å². The fourth-order valence-corrected chi connectivity index (χ4v) is 4.70. The number of hydrogen-bond acceptors (Lipinski definition) is 4. The molecule has 1 atom stereocenters. The predicted molar refractivity (Wildman–Crippen MR) is 90.7 cm³/mol. The summed E-state index contributed by atoms with van der Waals surface area (Å²) in [5.41, 5.74) is 0.0622. The largest absolute Gasteiger partial charge is 0.416 e. The average Bonchev–Trinajstić information content (AvgIpc) is 3.08. The summed E-state index contributed by atoms with van der Waals surface area (Å²) in [6.45, 7) is 1.09. The van der Waals surface area contributed by atoms with E-state index >= 15 is 0 Å². The molecule has 1 N–H and O–H groups in total. The fourth-order valence-electron chi connectivity index (χ4n) is 3.26. The lowest BCUT2D eigenvalue weighted by atomic mass is 9.93. The number of benzene rings is 1. The van der Waals surface area contributed by atoms with Crippen LogP contribution in [0.25, 0.3) is 0 Å². The SMILES string of the molecule is CC(=O)c1cc(C(F)(F)F)cc(S(=O)(=O)N(C)[C@@H]2CCCc3[nH]ncc32)c1. The predicted octanol–water partition coefficient (Wildman–Crippen LogP) is 3.33. The number of alkyl halides is 3. The van der Waals surface area contributed by atoms with Gasteiger partial charge in [-0.2, -0.15) is 22.6 Å². The Kier molecular flexibility index (Phi) is 4.89. The number of halogens is 3. The summed E-state index contributed by atoms with van der Waals surface area (Å²) in [4.78, 5) is 11.1. The summed E-state index contributed by atoms with van der Waals surface area (Å²) >= 11 is 0. The highest BCUT2D eigenvalue weighted by Gasteiger charge is 2.36. The minimum Gasteiger partial charge on any atom is -0.295 e. The number of aromatic nitrogens is 2. The minimum atomic E-state index is -4.77. The molecular weight excluding hydrogens is 383 g/mol. The normalized spacial score (nSPS) is 17.8. The molecule has 0 unspecified atom stereocenters. The zero-order valence-electron chi connectivity index (χ0n) is 14.7. The summed E-state index contributed by atoms with van der Waals surface area (Å²) in [6, 6.07) is 1.68. The number of rotatable bonds is 4. The molecule has 0 amide bonds. The molecule has 1 aromatic carbocycles. The first kappa shape index (κ1) is 19.6. The molecule has 0 saturated carbocycles. The van der Waals surface area contributed by atoms with Gasteiger partial charge >= 0.3 is 6.18 Å². The molecular formula is C17H18F3N3O3S. The van der Waals surface area contributed by atoms with Crippen LogP contribution in [0.15, 0.2) is 29.3 Å². The van der Waals surface area contributed by atoms with E-state index in [-0.39, 0.29) is 5.56 Å². The highest BCUT2D eigenvalue weighted by Crippen LogP contribution is 2.37. The second-order valence-corrected chi connectivity index (χ2v) is 8.53. The average molecular weight is 401 g/mol. The van der Waals surface area contributed by atoms with Crippen molar-refractivity contribution in [2.24, 2.45) is 0 Å². The van der Waals surface area contributed by atoms with Gasteiger partial charge in [-0.15, -0.1) is 0 Å². The third-order valence-electron chi connectivity index (χ3n) is 4.77. The van der Waals surface area contributed by atoms with E-state index in [0.717, 1.165) is 35.8 Å². The standard InChI is InChI=1S/C17H18F3N3O3S/c1-10(24)11-6-12(17(18,19)20)8-13(7-11)27(25,26)23(2)16-5-3-4-15-14(16)9-21-22-15/h6-9,16H,3-5H2,1-2H3,(H,21,22)/t16-/m1/s1. The molecule has 27 heavy (non-hydrogen) atoms. The Labute approximate surface area is 154 Å². The van der Waals surface area contributed by atoms with E-state index in [4.69, 9.17) is 0 Å². The number of aryl methyl sites for hydroxylation is 1. The van der Waals surface area contributed by atoms with Gasteiger partial charge in [0, 0.05) is 23.9 Å². The van der Waals surface area contributed by atoms with Crippen LogP contribution in [0.4, 0.5) is 13.2 Å². The Balaban J connectivity index is 2.07. The molecule has 0 bridgehead atoms. The van der Waals surface area contributed by atoms with Crippen molar-refractivity contribution in [2.45, 2.75) is 43.3 Å². The van der Waals surface area contributed by atoms with Crippen LogP contribution in [0.1, 0.15) is 53.0 Å². The lowest BCUT2D eigenvalue weighted by molar-refractivity contribution is -0.137. The summed E-state index contributed by atoms with van der Waals surface area (Å²) in [7, 11) is -2.93. The van der Waals surface area contributed by atoms with Crippen LogP contribution in [0.2, 0.25) is 0 Å². The highest BCUT2D eigenvalue weighted by atomic mass is 32.2. The van der Waals surface area contributed by atoms with Gasteiger partial charge in [0.1, 0.15) is 0 Å². The second kappa shape index (κ2) is 6.75. The summed E-state index contributed by atoms with van der Waals surface area (Å²) in [5.74, 6) is -0.644. The van der Waals surface area contributed by atoms with E-state index in [0.29, 0.717) is 24.1 Å². The molecule has 0 aliphatic heterocycles. The van der Waals surface area contributed by atoms with Crippen LogP contribution in [0.5, 0.6) is 0 Å². The van der Waals surface area contributed by atoms with Crippen molar-refractivity contribution in [2.75, 3.05) is 7.05 Å². The Hall–Kier alpha value is -2.20. The van der Waals surface area contributed by atoms with Crippen molar-refractivity contribution in [1.82, 2.24) is 14.5 Å². The van der Waals surface area contributed by atoms with Crippen molar-refractivity contribution in [3.05, 3.63) is 46.8 Å². The van der Waals surface area contributed by atoms with Gasteiger partial charge in [0.05, 0.1) is 22.7 Å². The third-order valence-corrected chi connectivity index (χ3v) is 6.62. The van der Waals surface area contributed by atoms with Crippen LogP contribution < -0.4 is 0 Å². The molecule has 2 aromatic rings. The first-order valence-corrected chi connectivity index (χ1v) is 9.69. The van der Waals surface area contributed by atoms with Gasteiger partial charge < -0.3 is 0 Å². The molecule has 10 heteroatoms. The zero-order chi connectivity index (χ0) is 20.0. The minimum absolute atomic E-state index is 0.301. The lowest BCUT2D eigenvalue weighted by Crippen LogP contribution is -2.33. The van der Waals surface area contributed by atoms with Crippen molar-refractivity contribution >= 4 is 15.8 Å². The van der Waals surface area contributed by atoms with Crippen molar-refractivity contribution in [3.63, 3.8) is 0 Å². The monoisotopic (exact) mass is 401 g/mol. The zero-order valence-corrected chi connectivity index (χ0v) is 15.5.